The van der Waals surface area contributed by atoms with Crippen LogP contribution in [0.3, 0.4) is 0 Å². The Morgan fingerprint density at radius 3 is 2.89 bits per heavy atom. The number of hydrogen-bond donors (Lipinski definition) is 2. The SMILES string of the molecule is Cc1ncoc1C(=O)Nc1cccc(C(C)O)c1. The second-order valence-electron chi connectivity index (χ2n) is 4.02. The molecule has 0 saturated carbocycles. The normalized spacial score (nSPS) is 12.2. The standard InChI is InChI=1S/C13H14N2O3/c1-8-12(18-7-14-8)13(17)15-11-5-3-4-10(6-11)9(2)16/h3-7,9,16H,1-2H3,(H,15,17). The highest BCUT2D eigenvalue weighted by Gasteiger charge is 2.14. The van der Waals surface area contributed by atoms with Crippen molar-refractivity contribution >= 4 is 11.6 Å². The summed E-state index contributed by atoms with van der Waals surface area (Å²) in [7, 11) is 0. The van der Waals surface area contributed by atoms with Crippen LogP contribution in [0.15, 0.2) is 35.1 Å². The minimum Gasteiger partial charge on any atom is -0.438 e. The van der Waals surface area contributed by atoms with Crippen LogP contribution in [0.25, 0.3) is 0 Å². The summed E-state index contributed by atoms with van der Waals surface area (Å²) >= 11 is 0. The molecule has 1 atom stereocenters. The van der Waals surface area contributed by atoms with Crippen LogP contribution in [0, 0.1) is 6.92 Å². The average molecular weight is 246 g/mol. The van der Waals surface area contributed by atoms with Crippen molar-refractivity contribution in [2.24, 2.45) is 0 Å². The predicted molar refractivity (Wildman–Crippen MR) is 66.3 cm³/mol. The van der Waals surface area contributed by atoms with Crippen LogP contribution in [0.4, 0.5) is 5.69 Å². The Balaban J connectivity index is 2.17. The van der Waals surface area contributed by atoms with Gasteiger partial charge in [-0.15, -0.1) is 0 Å². The minimum atomic E-state index is -0.575. The van der Waals surface area contributed by atoms with Gasteiger partial charge in [0.15, 0.2) is 6.39 Å². The fourth-order valence-corrected chi connectivity index (χ4v) is 1.58. The van der Waals surface area contributed by atoms with Gasteiger partial charge in [0, 0.05) is 5.69 Å². The molecule has 5 nitrogen and oxygen atoms in total. The molecule has 18 heavy (non-hydrogen) atoms. The fourth-order valence-electron chi connectivity index (χ4n) is 1.58. The number of oxazole rings is 1. The number of amides is 1. The molecule has 2 aromatic rings. The van der Waals surface area contributed by atoms with Crippen LogP contribution in [-0.2, 0) is 0 Å². The first kappa shape index (κ1) is 12.3. The van der Waals surface area contributed by atoms with Crippen molar-refractivity contribution in [2.45, 2.75) is 20.0 Å². The first-order valence-corrected chi connectivity index (χ1v) is 5.57. The van der Waals surface area contributed by atoms with Crippen LogP contribution >= 0.6 is 0 Å². The summed E-state index contributed by atoms with van der Waals surface area (Å²) in [4.78, 5) is 15.7. The highest BCUT2D eigenvalue weighted by Crippen LogP contribution is 2.18. The fraction of sp³-hybridized carbons (Fsp3) is 0.231. The van der Waals surface area contributed by atoms with Crippen LogP contribution in [0.2, 0.25) is 0 Å². The van der Waals surface area contributed by atoms with E-state index in [9.17, 15) is 9.90 Å². The molecule has 0 radical (unpaired) electrons. The van der Waals surface area contributed by atoms with E-state index in [1.54, 1.807) is 38.1 Å². The summed E-state index contributed by atoms with van der Waals surface area (Å²) in [6.07, 6.45) is 0.657. The Kier molecular flexibility index (Phi) is 3.43. The number of carbonyl (C=O) groups is 1. The third-order valence-corrected chi connectivity index (χ3v) is 2.58. The lowest BCUT2D eigenvalue weighted by molar-refractivity contribution is 0.0995. The second kappa shape index (κ2) is 5.01. The van der Waals surface area contributed by atoms with Crippen LogP contribution in [0.1, 0.15) is 34.8 Å². The van der Waals surface area contributed by atoms with Crippen molar-refractivity contribution in [2.75, 3.05) is 5.32 Å². The number of aliphatic hydroxyl groups excluding tert-OH is 1. The lowest BCUT2D eigenvalue weighted by Gasteiger charge is -2.08. The molecule has 1 unspecified atom stereocenters. The zero-order valence-corrected chi connectivity index (χ0v) is 10.2. The largest absolute Gasteiger partial charge is 0.438 e. The first-order chi connectivity index (χ1) is 8.58. The first-order valence-electron chi connectivity index (χ1n) is 5.57. The zero-order chi connectivity index (χ0) is 13.1. The molecule has 1 aromatic heterocycles. The van der Waals surface area contributed by atoms with Gasteiger partial charge in [-0.05, 0) is 31.5 Å². The molecular weight excluding hydrogens is 232 g/mol. The van der Waals surface area contributed by atoms with E-state index in [1.165, 1.54) is 6.39 Å². The number of aliphatic hydroxyl groups is 1. The van der Waals surface area contributed by atoms with Crippen molar-refractivity contribution in [1.82, 2.24) is 4.98 Å². The van der Waals surface area contributed by atoms with Crippen molar-refractivity contribution in [3.63, 3.8) is 0 Å². The third-order valence-electron chi connectivity index (χ3n) is 2.58. The van der Waals surface area contributed by atoms with Gasteiger partial charge in [-0.25, -0.2) is 4.98 Å². The van der Waals surface area contributed by atoms with Gasteiger partial charge in [0.05, 0.1) is 11.8 Å². The summed E-state index contributed by atoms with van der Waals surface area (Å²) < 4.78 is 5.00. The number of hydrogen-bond acceptors (Lipinski definition) is 4. The number of nitrogens with one attached hydrogen (secondary N) is 1. The minimum absolute atomic E-state index is 0.192. The summed E-state index contributed by atoms with van der Waals surface area (Å²) in [6, 6.07) is 7.02. The quantitative estimate of drug-likeness (QED) is 0.871. The number of rotatable bonds is 3. The Morgan fingerprint density at radius 1 is 1.50 bits per heavy atom. The molecule has 0 aliphatic carbocycles. The molecule has 0 fully saturated rings. The predicted octanol–water partition coefficient (Wildman–Crippen LogP) is 2.29. The van der Waals surface area contributed by atoms with Gasteiger partial charge >= 0.3 is 0 Å². The van der Waals surface area contributed by atoms with E-state index in [2.05, 4.69) is 10.3 Å². The van der Waals surface area contributed by atoms with Crippen LogP contribution < -0.4 is 5.32 Å². The van der Waals surface area contributed by atoms with E-state index in [1.807, 2.05) is 0 Å². The average Bonchev–Trinajstić information content (AvgIpc) is 2.76. The number of aryl methyl sites for hydroxylation is 1. The van der Waals surface area contributed by atoms with Gasteiger partial charge in [0.2, 0.25) is 5.76 Å². The van der Waals surface area contributed by atoms with Crippen molar-refractivity contribution in [3.05, 3.63) is 47.7 Å². The molecule has 2 rings (SSSR count). The maximum absolute atomic E-state index is 11.9. The molecule has 1 heterocycles. The van der Waals surface area contributed by atoms with Gasteiger partial charge in [-0.2, -0.15) is 0 Å². The van der Waals surface area contributed by atoms with Crippen molar-refractivity contribution in [1.29, 1.82) is 0 Å². The Labute approximate surface area is 104 Å². The lowest BCUT2D eigenvalue weighted by atomic mass is 10.1. The smallest absolute Gasteiger partial charge is 0.293 e. The molecule has 0 spiro atoms. The van der Waals surface area contributed by atoms with E-state index >= 15 is 0 Å². The van der Waals surface area contributed by atoms with Crippen molar-refractivity contribution in [3.8, 4) is 0 Å². The molecule has 0 saturated heterocycles. The summed E-state index contributed by atoms with van der Waals surface area (Å²) in [5, 5.41) is 12.2. The van der Waals surface area contributed by atoms with E-state index in [4.69, 9.17) is 4.42 Å². The summed E-state index contributed by atoms with van der Waals surface area (Å²) in [5.74, 6) is -0.162. The molecule has 5 heteroatoms. The van der Waals surface area contributed by atoms with E-state index in [0.717, 1.165) is 5.56 Å². The molecule has 1 amide bonds. The Morgan fingerprint density at radius 2 is 2.28 bits per heavy atom. The second-order valence-corrected chi connectivity index (χ2v) is 4.02. The zero-order valence-electron chi connectivity index (χ0n) is 10.2. The Hall–Kier alpha value is -2.14. The number of benzene rings is 1. The van der Waals surface area contributed by atoms with E-state index in [0.29, 0.717) is 11.4 Å². The molecule has 0 bridgehead atoms. The molecule has 0 aliphatic heterocycles. The van der Waals surface area contributed by atoms with Gasteiger partial charge in [0.25, 0.3) is 5.91 Å². The topological polar surface area (TPSA) is 75.4 Å². The maximum Gasteiger partial charge on any atom is 0.293 e. The van der Waals surface area contributed by atoms with Gasteiger partial charge in [-0.1, -0.05) is 12.1 Å². The van der Waals surface area contributed by atoms with Crippen LogP contribution in [-0.4, -0.2) is 16.0 Å². The summed E-state index contributed by atoms with van der Waals surface area (Å²) in [5.41, 5.74) is 1.88. The molecule has 2 N–H and O–H groups in total. The van der Waals surface area contributed by atoms with Crippen molar-refractivity contribution < 1.29 is 14.3 Å². The monoisotopic (exact) mass is 246 g/mol. The molecule has 94 valence electrons. The lowest BCUT2D eigenvalue weighted by Crippen LogP contribution is -2.12. The molecule has 1 aromatic carbocycles. The maximum atomic E-state index is 11.9. The number of nitrogens with zero attached hydrogens (tertiary/aromatic N) is 1. The highest BCUT2D eigenvalue weighted by atomic mass is 16.3. The highest BCUT2D eigenvalue weighted by molar-refractivity contribution is 6.02. The number of anilines is 1. The third kappa shape index (κ3) is 2.57. The molecule has 0 aliphatic rings. The van der Waals surface area contributed by atoms with Gasteiger partial charge < -0.3 is 14.8 Å². The Bertz CT molecular complexity index is 561. The van der Waals surface area contributed by atoms with E-state index < -0.39 is 6.10 Å². The molecular formula is C13H14N2O3. The van der Waals surface area contributed by atoms with E-state index in [-0.39, 0.29) is 11.7 Å². The van der Waals surface area contributed by atoms with Crippen LogP contribution in [0.5, 0.6) is 0 Å². The number of carbonyl (C=O) groups excluding carboxylic acids is 1. The van der Waals surface area contributed by atoms with Gasteiger partial charge in [0.1, 0.15) is 0 Å². The van der Waals surface area contributed by atoms with Gasteiger partial charge in [-0.3, -0.25) is 4.79 Å². The summed E-state index contributed by atoms with van der Waals surface area (Å²) in [6.45, 7) is 3.37. The number of aromatic nitrogens is 1.